The Balaban J connectivity index is 2.16. The van der Waals surface area contributed by atoms with E-state index in [0.717, 1.165) is 6.42 Å². The summed E-state index contributed by atoms with van der Waals surface area (Å²) in [4.78, 5) is 0. The summed E-state index contributed by atoms with van der Waals surface area (Å²) in [7, 11) is 0. The number of hydrogen-bond acceptors (Lipinski definition) is 1. The fourth-order valence-corrected chi connectivity index (χ4v) is 2.24. The first-order chi connectivity index (χ1) is 8.36. The average Bonchev–Trinajstić information content (AvgIpc) is 2.36. The van der Waals surface area contributed by atoms with Gasteiger partial charge < -0.3 is 0 Å². The fraction of sp³-hybridized carbons (Fsp3) is 0.562. The van der Waals surface area contributed by atoms with Gasteiger partial charge in [-0.15, -0.1) is 0 Å². The molecule has 94 valence electrons. The number of thiocarbonyl (C=S) groups is 1. The van der Waals surface area contributed by atoms with E-state index >= 15 is 0 Å². The summed E-state index contributed by atoms with van der Waals surface area (Å²) < 4.78 is 0. The van der Waals surface area contributed by atoms with Crippen molar-refractivity contribution in [3.8, 4) is 0 Å². The summed E-state index contributed by atoms with van der Waals surface area (Å²) in [5.41, 5.74) is 2.79. The molecule has 0 nitrogen and oxygen atoms in total. The standard InChI is InChI=1S/C16H24S/c1-2-3-4-5-6-7-8-15-9-11-16(12-10-15)13-14-17/h9-12,14H,2-8,13H2,1H3. The normalized spacial score (nSPS) is 10.4. The summed E-state index contributed by atoms with van der Waals surface area (Å²) in [5, 5.41) is 1.79. The first-order valence-corrected chi connectivity index (χ1v) is 7.35. The van der Waals surface area contributed by atoms with Gasteiger partial charge in [0, 0.05) is 6.42 Å². The Hall–Kier alpha value is -0.690. The predicted octanol–water partition coefficient (Wildman–Crippen LogP) is 5.13. The van der Waals surface area contributed by atoms with E-state index in [-0.39, 0.29) is 0 Å². The zero-order valence-electron chi connectivity index (χ0n) is 11.0. The molecule has 0 N–H and O–H groups in total. The van der Waals surface area contributed by atoms with Gasteiger partial charge in [0.2, 0.25) is 0 Å². The van der Waals surface area contributed by atoms with Crippen LogP contribution >= 0.6 is 12.2 Å². The maximum atomic E-state index is 4.86. The quantitative estimate of drug-likeness (QED) is 0.431. The Morgan fingerprint density at radius 3 is 2.12 bits per heavy atom. The van der Waals surface area contributed by atoms with Crippen molar-refractivity contribution in [3.05, 3.63) is 35.4 Å². The minimum Gasteiger partial charge on any atom is -0.0931 e. The number of benzene rings is 1. The molecule has 0 heterocycles. The second-order valence-electron chi connectivity index (χ2n) is 4.71. The maximum Gasteiger partial charge on any atom is 0.000774 e. The van der Waals surface area contributed by atoms with Gasteiger partial charge in [0.1, 0.15) is 0 Å². The Morgan fingerprint density at radius 1 is 0.882 bits per heavy atom. The average molecular weight is 248 g/mol. The van der Waals surface area contributed by atoms with Crippen LogP contribution in [0.1, 0.15) is 56.6 Å². The van der Waals surface area contributed by atoms with Crippen LogP contribution in [0.2, 0.25) is 0 Å². The summed E-state index contributed by atoms with van der Waals surface area (Å²) in [5.74, 6) is 0. The fourth-order valence-electron chi connectivity index (χ4n) is 2.05. The van der Waals surface area contributed by atoms with Gasteiger partial charge in [-0.3, -0.25) is 0 Å². The molecule has 17 heavy (non-hydrogen) atoms. The van der Waals surface area contributed by atoms with E-state index in [2.05, 4.69) is 31.2 Å². The van der Waals surface area contributed by atoms with Crippen LogP contribution in [0.3, 0.4) is 0 Å². The molecule has 0 fully saturated rings. The Labute approximate surface area is 111 Å². The SMILES string of the molecule is CCCCCCCCc1ccc(CC=S)cc1. The lowest BCUT2D eigenvalue weighted by atomic mass is 10.0. The summed E-state index contributed by atoms with van der Waals surface area (Å²) in [6, 6.07) is 8.91. The van der Waals surface area contributed by atoms with Crippen LogP contribution in [-0.2, 0) is 12.8 Å². The third-order valence-electron chi connectivity index (χ3n) is 3.16. The van der Waals surface area contributed by atoms with Gasteiger partial charge in [0.05, 0.1) is 0 Å². The van der Waals surface area contributed by atoms with Crippen molar-refractivity contribution in [1.82, 2.24) is 0 Å². The third-order valence-corrected chi connectivity index (χ3v) is 3.33. The molecule has 0 aliphatic rings. The zero-order valence-corrected chi connectivity index (χ0v) is 11.8. The van der Waals surface area contributed by atoms with Crippen LogP contribution in [0.5, 0.6) is 0 Å². The third kappa shape index (κ3) is 6.58. The highest BCUT2D eigenvalue weighted by Gasteiger charge is 1.95. The molecule has 0 saturated carbocycles. The first-order valence-electron chi connectivity index (χ1n) is 6.88. The molecule has 0 aromatic heterocycles. The maximum absolute atomic E-state index is 4.86. The molecular weight excluding hydrogens is 224 g/mol. The summed E-state index contributed by atoms with van der Waals surface area (Å²) in [6.45, 7) is 2.27. The van der Waals surface area contributed by atoms with Crippen molar-refractivity contribution in [2.75, 3.05) is 0 Å². The molecule has 1 rings (SSSR count). The van der Waals surface area contributed by atoms with Gasteiger partial charge in [-0.1, -0.05) is 75.5 Å². The Bertz CT molecular complexity index is 300. The molecule has 0 atom stereocenters. The highest BCUT2D eigenvalue weighted by Crippen LogP contribution is 2.11. The number of unbranched alkanes of at least 4 members (excludes halogenated alkanes) is 5. The molecule has 1 heteroatoms. The van der Waals surface area contributed by atoms with Gasteiger partial charge in [-0.05, 0) is 29.3 Å². The molecule has 0 spiro atoms. The molecule has 0 aliphatic heterocycles. The van der Waals surface area contributed by atoms with Crippen LogP contribution in [0.15, 0.2) is 24.3 Å². The summed E-state index contributed by atoms with van der Waals surface area (Å²) in [6.07, 6.45) is 10.4. The van der Waals surface area contributed by atoms with Gasteiger partial charge in [0.25, 0.3) is 0 Å². The molecule has 0 aliphatic carbocycles. The van der Waals surface area contributed by atoms with Crippen molar-refractivity contribution in [2.24, 2.45) is 0 Å². The van der Waals surface area contributed by atoms with Crippen LogP contribution in [0.4, 0.5) is 0 Å². The monoisotopic (exact) mass is 248 g/mol. The van der Waals surface area contributed by atoms with E-state index in [1.54, 1.807) is 5.37 Å². The Morgan fingerprint density at radius 2 is 1.47 bits per heavy atom. The zero-order chi connectivity index (χ0) is 12.3. The molecule has 0 radical (unpaired) electrons. The van der Waals surface area contributed by atoms with Crippen LogP contribution in [0, 0.1) is 0 Å². The Kier molecular flexibility index (Phi) is 7.91. The highest BCUT2D eigenvalue weighted by molar-refractivity contribution is 7.78. The molecule has 0 unspecified atom stereocenters. The number of hydrogen-bond donors (Lipinski definition) is 0. The van der Waals surface area contributed by atoms with Gasteiger partial charge in [0.15, 0.2) is 0 Å². The van der Waals surface area contributed by atoms with E-state index < -0.39 is 0 Å². The number of rotatable bonds is 9. The second-order valence-corrected chi connectivity index (χ2v) is 5.04. The van der Waals surface area contributed by atoms with E-state index in [9.17, 15) is 0 Å². The van der Waals surface area contributed by atoms with Crippen LogP contribution < -0.4 is 0 Å². The van der Waals surface area contributed by atoms with E-state index in [1.165, 1.54) is 56.1 Å². The molecule has 0 bridgehead atoms. The minimum absolute atomic E-state index is 0.909. The highest BCUT2D eigenvalue weighted by atomic mass is 32.1. The molecule has 1 aromatic rings. The van der Waals surface area contributed by atoms with E-state index in [0.29, 0.717) is 0 Å². The molecule has 0 saturated heterocycles. The van der Waals surface area contributed by atoms with E-state index in [4.69, 9.17) is 12.2 Å². The van der Waals surface area contributed by atoms with Gasteiger partial charge in [-0.2, -0.15) is 0 Å². The molecular formula is C16H24S. The van der Waals surface area contributed by atoms with Gasteiger partial charge >= 0.3 is 0 Å². The molecule has 1 aromatic carbocycles. The summed E-state index contributed by atoms with van der Waals surface area (Å²) >= 11 is 4.86. The lowest BCUT2D eigenvalue weighted by Crippen LogP contribution is -1.89. The van der Waals surface area contributed by atoms with Gasteiger partial charge in [-0.25, -0.2) is 0 Å². The van der Waals surface area contributed by atoms with E-state index in [1.807, 2.05) is 0 Å². The topological polar surface area (TPSA) is 0 Å². The lowest BCUT2D eigenvalue weighted by Gasteiger charge is -2.03. The second kappa shape index (κ2) is 9.35. The van der Waals surface area contributed by atoms with Crippen molar-refractivity contribution in [1.29, 1.82) is 0 Å². The van der Waals surface area contributed by atoms with Crippen molar-refractivity contribution in [3.63, 3.8) is 0 Å². The predicted molar refractivity (Wildman–Crippen MR) is 80.9 cm³/mol. The van der Waals surface area contributed by atoms with Crippen LogP contribution in [-0.4, -0.2) is 5.37 Å². The largest absolute Gasteiger partial charge is 0.0931 e. The smallest absolute Gasteiger partial charge is 0.000774 e. The van der Waals surface area contributed by atoms with Crippen molar-refractivity contribution in [2.45, 2.75) is 58.3 Å². The van der Waals surface area contributed by atoms with Crippen molar-refractivity contribution >= 4 is 17.6 Å². The lowest BCUT2D eigenvalue weighted by molar-refractivity contribution is 0.607. The van der Waals surface area contributed by atoms with Crippen molar-refractivity contribution < 1.29 is 0 Å². The minimum atomic E-state index is 0.909. The van der Waals surface area contributed by atoms with Crippen LogP contribution in [0.25, 0.3) is 0 Å². The number of aryl methyl sites for hydroxylation is 1. The molecule has 0 amide bonds. The first kappa shape index (κ1) is 14.4.